The van der Waals surface area contributed by atoms with Gasteiger partial charge in [0.05, 0.1) is 4.90 Å². The van der Waals surface area contributed by atoms with E-state index in [-0.39, 0.29) is 5.92 Å². The van der Waals surface area contributed by atoms with E-state index in [2.05, 4.69) is 5.92 Å². The third-order valence-electron chi connectivity index (χ3n) is 2.30. The van der Waals surface area contributed by atoms with E-state index in [1.807, 2.05) is 19.1 Å². The highest BCUT2D eigenvalue weighted by Gasteiger charge is 2.08. The SMILES string of the molecule is C#CCC(C)c1ccc(S(C)(=O)=O)cc1. The number of hydrogen-bond acceptors (Lipinski definition) is 2. The third kappa shape index (κ3) is 3.10. The summed E-state index contributed by atoms with van der Waals surface area (Å²) in [4.78, 5) is 0.346. The Balaban J connectivity index is 2.96. The lowest BCUT2D eigenvalue weighted by Crippen LogP contribution is -1.98. The van der Waals surface area contributed by atoms with E-state index in [0.717, 1.165) is 5.56 Å². The van der Waals surface area contributed by atoms with E-state index in [4.69, 9.17) is 6.42 Å². The van der Waals surface area contributed by atoms with Crippen molar-refractivity contribution in [1.82, 2.24) is 0 Å². The number of rotatable bonds is 3. The Bertz CT molecular complexity index is 463. The van der Waals surface area contributed by atoms with Crippen LogP contribution in [0.1, 0.15) is 24.8 Å². The van der Waals surface area contributed by atoms with Gasteiger partial charge in [0.25, 0.3) is 0 Å². The molecule has 0 aliphatic rings. The minimum absolute atomic E-state index is 0.267. The summed E-state index contributed by atoms with van der Waals surface area (Å²) in [7, 11) is -3.10. The summed E-state index contributed by atoms with van der Waals surface area (Å²) in [5, 5.41) is 0. The molecule has 0 fully saturated rings. The average Bonchev–Trinajstić information content (AvgIpc) is 2.17. The first kappa shape index (κ1) is 11.8. The lowest BCUT2D eigenvalue weighted by atomic mass is 9.98. The molecule has 0 saturated carbocycles. The van der Waals surface area contributed by atoms with Gasteiger partial charge < -0.3 is 0 Å². The summed E-state index contributed by atoms with van der Waals surface area (Å²) < 4.78 is 22.4. The molecule has 1 unspecified atom stereocenters. The third-order valence-corrected chi connectivity index (χ3v) is 3.43. The van der Waals surface area contributed by atoms with Gasteiger partial charge in [-0.2, -0.15) is 0 Å². The van der Waals surface area contributed by atoms with E-state index in [9.17, 15) is 8.42 Å². The Hall–Kier alpha value is -1.27. The molecule has 2 nitrogen and oxygen atoms in total. The molecule has 0 aliphatic carbocycles. The second kappa shape index (κ2) is 4.50. The first-order valence-electron chi connectivity index (χ1n) is 4.68. The molecule has 0 amide bonds. The molecule has 0 radical (unpaired) electrons. The second-order valence-corrected chi connectivity index (χ2v) is 5.67. The predicted octanol–water partition coefficient (Wildman–Crippen LogP) is 2.22. The summed E-state index contributed by atoms with van der Waals surface area (Å²) in [6, 6.07) is 6.88. The molecule has 0 aliphatic heterocycles. The van der Waals surface area contributed by atoms with Gasteiger partial charge in [-0.25, -0.2) is 8.42 Å². The Kier molecular flexibility index (Phi) is 3.54. The van der Waals surface area contributed by atoms with E-state index >= 15 is 0 Å². The second-order valence-electron chi connectivity index (χ2n) is 3.65. The Labute approximate surface area is 91.2 Å². The van der Waals surface area contributed by atoms with Gasteiger partial charge in [-0.05, 0) is 23.6 Å². The zero-order valence-corrected chi connectivity index (χ0v) is 9.71. The van der Waals surface area contributed by atoms with Crippen LogP contribution < -0.4 is 0 Å². The molecular weight excluding hydrogens is 208 g/mol. The van der Waals surface area contributed by atoms with Crippen LogP contribution in [-0.4, -0.2) is 14.7 Å². The quantitative estimate of drug-likeness (QED) is 0.735. The van der Waals surface area contributed by atoms with Gasteiger partial charge in [-0.3, -0.25) is 0 Å². The maximum absolute atomic E-state index is 11.2. The summed E-state index contributed by atoms with van der Waals surface area (Å²) in [5.74, 6) is 2.86. The summed E-state index contributed by atoms with van der Waals surface area (Å²) >= 11 is 0. The predicted molar refractivity (Wildman–Crippen MR) is 61.4 cm³/mol. The van der Waals surface area contributed by atoms with Crippen LogP contribution >= 0.6 is 0 Å². The van der Waals surface area contributed by atoms with E-state index < -0.39 is 9.84 Å². The zero-order chi connectivity index (χ0) is 11.5. The molecule has 80 valence electrons. The van der Waals surface area contributed by atoms with Crippen molar-refractivity contribution in [1.29, 1.82) is 0 Å². The fraction of sp³-hybridized carbons (Fsp3) is 0.333. The largest absolute Gasteiger partial charge is 0.224 e. The highest BCUT2D eigenvalue weighted by molar-refractivity contribution is 7.90. The summed E-state index contributed by atoms with van der Waals surface area (Å²) in [6.07, 6.45) is 7.09. The molecule has 0 heterocycles. The molecule has 15 heavy (non-hydrogen) atoms. The number of sulfone groups is 1. The van der Waals surface area contributed by atoms with Gasteiger partial charge in [-0.15, -0.1) is 12.3 Å². The van der Waals surface area contributed by atoms with Crippen LogP contribution in [0.15, 0.2) is 29.2 Å². The summed E-state index contributed by atoms with van der Waals surface area (Å²) in [5.41, 5.74) is 1.07. The van der Waals surface area contributed by atoms with Crippen molar-refractivity contribution < 1.29 is 8.42 Å². The maximum Gasteiger partial charge on any atom is 0.175 e. The van der Waals surface area contributed by atoms with Crippen LogP contribution in [0.2, 0.25) is 0 Å². The molecule has 1 rings (SSSR count). The average molecular weight is 222 g/mol. The molecule has 0 N–H and O–H groups in total. The monoisotopic (exact) mass is 222 g/mol. The van der Waals surface area contributed by atoms with Crippen molar-refractivity contribution in [3.05, 3.63) is 29.8 Å². The molecule has 0 spiro atoms. The van der Waals surface area contributed by atoms with Crippen LogP contribution in [0, 0.1) is 12.3 Å². The van der Waals surface area contributed by atoms with Gasteiger partial charge in [-0.1, -0.05) is 19.1 Å². The first-order chi connectivity index (χ1) is 6.95. The van der Waals surface area contributed by atoms with E-state index in [0.29, 0.717) is 11.3 Å². The van der Waals surface area contributed by atoms with Crippen LogP contribution in [0.25, 0.3) is 0 Å². The standard InChI is InChI=1S/C12H14O2S/c1-4-5-10(2)11-6-8-12(9-7-11)15(3,13)14/h1,6-10H,5H2,2-3H3. The van der Waals surface area contributed by atoms with Crippen molar-refractivity contribution >= 4 is 9.84 Å². The first-order valence-corrected chi connectivity index (χ1v) is 6.57. The van der Waals surface area contributed by atoms with Gasteiger partial charge >= 0.3 is 0 Å². The normalized spacial score (nSPS) is 13.1. The maximum atomic E-state index is 11.2. The highest BCUT2D eigenvalue weighted by atomic mass is 32.2. The molecular formula is C12H14O2S. The fourth-order valence-electron chi connectivity index (χ4n) is 1.34. The number of benzene rings is 1. The highest BCUT2D eigenvalue weighted by Crippen LogP contribution is 2.20. The minimum Gasteiger partial charge on any atom is -0.224 e. The van der Waals surface area contributed by atoms with Crippen LogP contribution in [0.5, 0.6) is 0 Å². The van der Waals surface area contributed by atoms with E-state index in [1.165, 1.54) is 6.26 Å². The summed E-state index contributed by atoms with van der Waals surface area (Å²) in [6.45, 7) is 2.02. The molecule has 1 aromatic carbocycles. The van der Waals surface area contributed by atoms with Crippen molar-refractivity contribution in [2.24, 2.45) is 0 Å². The Morgan fingerprint density at radius 2 is 1.87 bits per heavy atom. The molecule has 1 aromatic rings. The molecule has 0 bridgehead atoms. The van der Waals surface area contributed by atoms with E-state index in [1.54, 1.807) is 12.1 Å². The van der Waals surface area contributed by atoms with Crippen LogP contribution in [0.3, 0.4) is 0 Å². The van der Waals surface area contributed by atoms with Gasteiger partial charge in [0.15, 0.2) is 9.84 Å². The molecule has 1 atom stereocenters. The smallest absolute Gasteiger partial charge is 0.175 e. The van der Waals surface area contributed by atoms with Gasteiger partial charge in [0.1, 0.15) is 0 Å². The van der Waals surface area contributed by atoms with Crippen molar-refractivity contribution in [3.63, 3.8) is 0 Å². The lowest BCUT2D eigenvalue weighted by molar-refractivity contribution is 0.602. The fourth-order valence-corrected chi connectivity index (χ4v) is 1.97. The van der Waals surface area contributed by atoms with Gasteiger partial charge in [0, 0.05) is 12.7 Å². The number of terminal acetylenes is 1. The van der Waals surface area contributed by atoms with Crippen molar-refractivity contribution in [2.45, 2.75) is 24.2 Å². The Morgan fingerprint density at radius 1 is 1.33 bits per heavy atom. The Morgan fingerprint density at radius 3 is 2.27 bits per heavy atom. The van der Waals surface area contributed by atoms with Gasteiger partial charge in [0.2, 0.25) is 0 Å². The van der Waals surface area contributed by atoms with Crippen molar-refractivity contribution in [3.8, 4) is 12.3 Å². The van der Waals surface area contributed by atoms with Crippen LogP contribution in [-0.2, 0) is 9.84 Å². The molecule has 0 aromatic heterocycles. The minimum atomic E-state index is -3.10. The molecule has 3 heteroatoms. The topological polar surface area (TPSA) is 34.1 Å². The van der Waals surface area contributed by atoms with Crippen molar-refractivity contribution in [2.75, 3.05) is 6.26 Å². The number of hydrogen-bond donors (Lipinski definition) is 0. The zero-order valence-electron chi connectivity index (χ0n) is 8.90. The molecule has 0 saturated heterocycles. The van der Waals surface area contributed by atoms with Crippen LogP contribution in [0.4, 0.5) is 0 Å². The lowest BCUT2D eigenvalue weighted by Gasteiger charge is -2.08.